The zero-order valence-corrected chi connectivity index (χ0v) is 13.3. The molecule has 0 radical (unpaired) electrons. The van der Waals surface area contributed by atoms with Crippen LogP contribution in [-0.4, -0.2) is 40.2 Å². The summed E-state index contributed by atoms with van der Waals surface area (Å²) >= 11 is 3.34. The maximum atomic E-state index is 12.5. The van der Waals surface area contributed by atoms with Crippen molar-refractivity contribution in [2.24, 2.45) is 12.5 Å². The van der Waals surface area contributed by atoms with E-state index in [0.717, 1.165) is 12.8 Å². The summed E-state index contributed by atoms with van der Waals surface area (Å²) in [5, 5.41) is 9.35. The third-order valence-corrected chi connectivity index (χ3v) is 4.68. The number of carbonyl (C=O) groups is 1. The SMILES string of the molecule is Cn1cc(Br)c(C(=O)N2CCC(C)(CO)CC2)cc1=O. The van der Waals surface area contributed by atoms with Crippen molar-refractivity contribution in [3.05, 3.63) is 32.7 Å². The van der Waals surface area contributed by atoms with Gasteiger partial charge in [-0.05, 0) is 34.2 Å². The number of pyridine rings is 1. The summed E-state index contributed by atoms with van der Waals surface area (Å²) in [4.78, 5) is 25.9. The quantitative estimate of drug-likeness (QED) is 0.883. The number of nitrogens with zero attached hydrogens (tertiary/aromatic N) is 2. The molecule has 0 unspecified atom stereocenters. The predicted molar refractivity (Wildman–Crippen MR) is 79.7 cm³/mol. The first-order chi connectivity index (χ1) is 9.36. The summed E-state index contributed by atoms with van der Waals surface area (Å²) in [7, 11) is 1.65. The second kappa shape index (κ2) is 5.69. The monoisotopic (exact) mass is 342 g/mol. The number of hydrogen-bond acceptors (Lipinski definition) is 3. The topological polar surface area (TPSA) is 62.5 Å². The summed E-state index contributed by atoms with van der Waals surface area (Å²) in [6.07, 6.45) is 3.16. The molecule has 110 valence electrons. The number of aliphatic hydroxyl groups is 1. The number of aliphatic hydroxyl groups excluding tert-OH is 1. The number of likely N-dealkylation sites (tertiary alicyclic amines) is 1. The third kappa shape index (κ3) is 2.96. The Morgan fingerprint density at radius 1 is 1.45 bits per heavy atom. The Labute approximate surface area is 126 Å². The molecule has 1 aliphatic rings. The molecule has 1 aromatic rings. The zero-order valence-electron chi connectivity index (χ0n) is 11.7. The van der Waals surface area contributed by atoms with Gasteiger partial charge in [0.15, 0.2) is 0 Å². The Bertz CT molecular complexity index is 574. The van der Waals surface area contributed by atoms with Gasteiger partial charge in [-0.25, -0.2) is 0 Å². The lowest BCUT2D eigenvalue weighted by atomic mass is 9.81. The minimum Gasteiger partial charge on any atom is -0.396 e. The van der Waals surface area contributed by atoms with Crippen molar-refractivity contribution in [3.63, 3.8) is 0 Å². The number of carbonyl (C=O) groups excluding carboxylic acids is 1. The van der Waals surface area contributed by atoms with E-state index in [4.69, 9.17) is 0 Å². The van der Waals surface area contributed by atoms with Crippen LogP contribution in [0.2, 0.25) is 0 Å². The van der Waals surface area contributed by atoms with Crippen molar-refractivity contribution < 1.29 is 9.90 Å². The van der Waals surface area contributed by atoms with Gasteiger partial charge >= 0.3 is 0 Å². The Hall–Kier alpha value is -1.14. The van der Waals surface area contributed by atoms with E-state index in [1.807, 2.05) is 6.92 Å². The van der Waals surface area contributed by atoms with Crippen LogP contribution in [0.5, 0.6) is 0 Å². The van der Waals surface area contributed by atoms with Crippen LogP contribution < -0.4 is 5.56 Å². The molecule has 0 aromatic carbocycles. The van der Waals surface area contributed by atoms with Crippen LogP contribution in [0.4, 0.5) is 0 Å². The summed E-state index contributed by atoms with van der Waals surface area (Å²) in [6, 6.07) is 1.37. The fourth-order valence-electron chi connectivity index (χ4n) is 2.34. The second-order valence-corrected chi connectivity index (χ2v) is 6.60. The number of halogens is 1. The molecule has 2 rings (SSSR count). The zero-order chi connectivity index (χ0) is 14.9. The van der Waals surface area contributed by atoms with E-state index in [1.165, 1.54) is 10.6 Å². The van der Waals surface area contributed by atoms with Crippen molar-refractivity contribution in [2.45, 2.75) is 19.8 Å². The molecule has 1 saturated heterocycles. The van der Waals surface area contributed by atoms with E-state index in [-0.39, 0.29) is 23.5 Å². The molecule has 1 N–H and O–H groups in total. The highest BCUT2D eigenvalue weighted by atomic mass is 79.9. The van der Waals surface area contributed by atoms with E-state index in [2.05, 4.69) is 15.9 Å². The molecule has 2 heterocycles. The van der Waals surface area contributed by atoms with Gasteiger partial charge in [0.05, 0.1) is 5.56 Å². The summed E-state index contributed by atoms with van der Waals surface area (Å²) in [5.41, 5.74) is 0.107. The van der Waals surface area contributed by atoms with Gasteiger partial charge < -0.3 is 14.6 Å². The molecule has 1 aliphatic heterocycles. The molecule has 1 aromatic heterocycles. The first-order valence-corrected chi connectivity index (χ1v) is 7.42. The summed E-state index contributed by atoms with van der Waals surface area (Å²) < 4.78 is 2.06. The van der Waals surface area contributed by atoms with Crippen molar-refractivity contribution in [1.82, 2.24) is 9.47 Å². The van der Waals surface area contributed by atoms with Crippen molar-refractivity contribution in [2.75, 3.05) is 19.7 Å². The normalized spacial score (nSPS) is 18.1. The van der Waals surface area contributed by atoms with Gasteiger partial charge in [0.1, 0.15) is 0 Å². The molecule has 5 nitrogen and oxygen atoms in total. The van der Waals surface area contributed by atoms with Crippen LogP contribution in [0.15, 0.2) is 21.5 Å². The fourth-order valence-corrected chi connectivity index (χ4v) is 2.93. The maximum Gasteiger partial charge on any atom is 0.255 e. The Morgan fingerprint density at radius 3 is 2.60 bits per heavy atom. The second-order valence-electron chi connectivity index (χ2n) is 5.75. The van der Waals surface area contributed by atoms with Crippen molar-refractivity contribution in [1.29, 1.82) is 0 Å². The first-order valence-electron chi connectivity index (χ1n) is 6.63. The molecule has 0 spiro atoms. The Morgan fingerprint density at radius 2 is 2.05 bits per heavy atom. The van der Waals surface area contributed by atoms with Gasteiger partial charge in [-0.2, -0.15) is 0 Å². The standard InChI is InChI=1S/C14H19BrN2O3/c1-14(9-18)3-5-17(6-4-14)13(20)10-7-12(19)16(2)8-11(10)15/h7-8,18H,3-6,9H2,1-2H3. The molecule has 6 heteroatoms. The lowest BCUT2D eigenvalue weighted by Crippen LogP contribution is -2.43. The Balaban J connectivity index is 2.18. The number of amides is 1. The smallest absolute Gasteiger partial charge is 0.255 e. The Kier molecular flexibility index (Phi) is 4.34. The third-order valence-electron chi connectivity index (χ3n) is 4.05. The number of aryl methyl sites for hydroxylation is 1. The maximum absolute atomic E-state index is 12.5. The van der Waals surface area contributed by atoms with E-state index in [0.29, 0.717) is 23.1 Å². The fraction of sp³-hybridized carbons (Fsp3) is 0.571. The van der Waals surface area contributed by atoms with E-state index >= 15 is 0 Å². The van der Waals surface area contributed by atoms with E-state index in [1.54, 1.807) is 18.1 Å². The summed E-state index contributed by atoms with van der Waals surface area (Å²) in [6.45, 7) is 3.39. The van der Waals surface area contributed by atoms with Gasteiger partial charge in [-0.15, -0.1) is 0 Å². The number of rotatable bonds is 2. The van der Waals surface area contributed by atoms with Gasteiger partial charge in [0.25, 0.3) is 11.5 Å². The van der Waals surface area contributed by atoms with Crippen molar-refractivity contribution in [3.8, 4) is 0 Å². The molecule has 0 aliphatic carbocycles. The average molecular weight is 343 g/mol. The largest absolute Gasteiger partial charge is 0.396 e. The molecule has 0 atom stereocenters. The molecule has 1 fully saturated rings. The van der Waals surface area contributed by atoms with E-state index in [9.17, 15) is 14.7 Å². The van der Waals surface area contributed by atoms with Gasteiger partial charge in [0, 0.05) is 43.5 Å². The van der Waals surface area contributed by atoms with Gasteiger partial charge in [-0.3, -0.25) is 9.59 Å². The highest BCUT2D eigenvalue weighted by molar-refractivity contribution is 9.10. The average Bonchev–Trinajstić information content (AvgIpc) is 2.43. The highest BCUT2D eigenvalue weighted by Gasteiger charge is 2.32. The van der Waals surface area contributed by atoms with Gasteiger partial charge in [-0.1, -0.05) is 6.92 Å². The lowest BCUT2D eigenvalue weighted by Gasteiger charge is -2.38. The van der Waals surface area contributed by atoms with Gasteiger partial charge in [0.2, 0.25) is 0 Å². The molecule has 20 heavy (non-hydrogen) atoms. The summed E-state index contributed by atoms with van der Waals surface area (Å²) in [5.74, 6) is -0.130. The van der Waals surface area contributed by atoms with Crippen LogP contribution in [0.1, 0.15) is 30.1 Å². The first kappa shape index (κ1) is 15.3. The van der Waals surface area contributed by atoms with Crippen LogP contribution in [-0.2, 0) is 7.05 Å². The lowest BCUT2D eigenvalue weighted by molar-refractivity contribution is 0.0438. The van der Waals surface area contributed by atoms with Crippen LogP contribution in [0, 0.1) is 5.41 Å². The molecule has 0 saturated carbocycles. The molecule has 0 bridgehead atoms. The number of piperidine rings is 1. The predicted octanol–water partition coefficient (Wildman–Crippen LogP) is 1.38. The molecular formula is C14H19BrN2O3. The molecule has 1 amide bonds. The number of aromatic nitrogens is 1. The van der Waals surface area contributed by atoms with Crippen LogP contribution in [0.25, 0.3) is 0 Å². The minimum absolute atomic E-state index is 0.0964. The van der Waals surface area contributed by atoms with Crippen LogP contribution >= 0.6 is 15.9 Å². The number of hydrogen-bond donors (Lipinski definition) is 1. The van der Waals surface area contributed by atoms with Crippen molar-refractivity contribution >= 4 is 21.8 Å². The minimum atomic E-state index is -0.200. The van der Waals surface area contributed by atoms with Crippen LogP contribution in [0.3, 0.4) is 0 Å². The highest BCUT2D eigenvalue weighted by Crippen LogP contribution is 2.31. The van der Waals surface area contributed by atoms with E-state index < -0.39 is 0 Å². The molecular weight excluding hydrogens is 324 g/mol.